The lowest BCUT2D eigenvalue weighted by atomic mass is 9.89. The number of amides is 1. The molecule has 0 radical (unpaired) electrons. The van der Waals surface area contributed by atoms with Crippen molar-refractivity contribution in [2.45, 2.75) is 39.2 Å². The molecule has 28 heavy (non-hydrogen) atoms. The maximum atomic E-state index is 13.1. The second-order valence-electron chi connectivity index (χ2n) is 7.26. The van der Waals surface area contributed by atoms with Crippen molar-refractivity contribution in [3.05, 3.63) is 45.1 Å². The number of fused-ring (bicyclic) bond motifs is 3. The fourth-order valence-electron chi connectivity index (χ4n) is 3.56. The van der Waals surface area contributed by atoms with Gasteiger partial charge in [-0.05, 0) is 61.9 Å². The molecule has 0 fully saturated rings. The van der Waals surface area contributed by atoms with Crippen molar-refractivity contribution in [2.75, 3.05) is 12.4 Å². The van der Waals surface area contributed by atoms with Crippen molar-refractivity contribution in [3.8, 4) is 5.75 Å². The molecule has 0 saturated heterocycles. The zero-order valence-corrected chi connectivity index (χ0v) is 16.9. The van der Waals surface area contributed by atoms with Crippen molar-refractivity contribution in [2.24, 2.45) is 5.92 Å². The Kier molecular flexibility index (Phi) is 4.89. The van der Waals surface area contributed by atoms with Gasteiger partial charge in [-0.1, -0.05) is 12.1 Å². The predicted octanol–water partition coefficient (Wildman–Crippen LogP) is 3.19. The molecule has 1 N–H and O–H groups in total. The molecule has 0 spiro atoms. The third kappa shape index (κ3) is 3.28. The summed E-state index contributed by atoms with van der Waals surface area (Å²) in [6.45, 7) is 3.88. The molecular formula is C20H22N4O3S. The van der Waals surface area contributed by atoms with E-state index in [4.69, 9.17) is 4.74 Å². The summed E-state index contributed by atoms with van der Waals surface area (Å²) < 4.78 is 6.30. The first kappa shape index (κ1) is 18.6. The Morgan fingerprint density at radius 1 is 1.36 bits per heavy atom. The largest absolute Gasteiger partial charge is 0.497 e. The van der Waals surface area contributed by atoms with Gasteiger partial charge in [-0.15, -0.1) is 16.4 Å². The Morgan fingerprint density at radius 2 is 2.11 bits per heavy atom. The van der Waals surface area contributed by atoms with Gasteiger partial charge in [-0.3, -0.25) is 9.59 Å². The number of nitrogens with one attached hydrogen (secondary N) is 1. The number of methoxy groups -OCH3 is 1. The molecule has 0 bridgehead atoms. The lowest BCUT2D eigenvalue weighted by Crippen LogP contribution is -2.34. The molecule has 4 rings (SSSR count). The van der Waals surface area contributed by atoms with Crippen LogP contribution in [0.2, 0.25) is 0 Å². The van der Waals surface area contributed by atoms with Gasteiger partial charge in [0.25, 0.3) is 5.56 Å². The minimum Gasteiger partial charge on any atom is -0.497 e. The number of thiophene rings is 1. The SMILES string of the molecule is COc1ccc(NC(=O)[C@@H](C)n2nnc3sc4c(c3c2=O)CC[C@@H](C)C4)cc1. The van der Waals surface area contributed by atoms with Crippen LogP contribution in [0.3, 0.4) is 0 Å². The van der Waals surface area contributed by atoms with Crippen LogP contribution in [0, 0.1) is 5.92 Å². The molecule has 0 saturated carbocycles. The first-order valence-corrected chi connectivity index (χ1v) is 10.1. The average Bonchev–Trinajstić information content (AvgIpc) is 3.06. The Hall–Kier alpha value is -2.74. The third-order valence-electron chi connectivity index (χ3n) is 5.25. The fraction of sp³-hybridized carbons (Fsp3) is 0.400. The van der Waals surface area contributed by atoms with E-state index in [-0.39, 0.29) is 11.5 Å². The van der Waals surface area contributed by atoms with Crippen molar-refractivity contribution in [3.63, 3.8) is 0 Å². The van der Waals surface area contributed by atoms with Gasteiger partial charge in [0.05, 0.1) is 12.5 Å². The van der Waals surface area contributed by atoms with Gasteiger partial charge < -0.3 is 10.1 Å². The normalized spacial score (nSPS) is 17.2. The molecule has 0 unspecified atom stereocenters. The number of ether oxygens (including phenoxy) is 1. The highest BCUT2D eigenvalue weighted by Crippen LogP contribution is 2.35. The van der Waals surface area contributed by atoms with E-state index in [9.17, 15) is 9.59 Å². The molecule has 146 valence electrons. The molecule has 3 aromatic rings. The number of anilines is 1. The Balaban J connectivity index is 1.63. The van der Waals surface area contributed by atoms with Crippen LogP contribution in [0.25, 0.3) is 10.2 Å². The second-order valence-corrected chi connectivity index (χ2v) is 8.35. The number of rotatable bonds is 4. The summed E-state index contributed by atoms with van der Waals surface area (Å²) in [4.78, 5) is 27.7. The first-order chi connectivity index (χ1) is 13.5. The van der Waals surface area contributed by atoms with E-state index in [1.54, 1.807) is 49.6 Å². The average molecular weight is 398 g/mol. The monoisotopic (exact) mass is 398 g/mol. The quantitative estimate of drug-likeness (QED) is 0.729. The van der Waals surface area contributed by atoms with Gasteiger partial charge in [0, 0.05) is 10.6 Å². The fourth-order valence-corrected chi connectivity index (χ4v) is 4.88. The number of nitrogens with zero attached hydrogens (tertiary/aromatic N) is 3. The number of hydrogen-bond donors (Lipinski definition) is 1. The number of hydrogen-bond acceptors (Lipinski definition) is 6. The molecule has 1 amide bonds. The van der Waals surface area contributed by atoms with Crippen LogP contribution in [-0.4, -0.2) is 28.0 Å². The smallest absolute Gasteiger partial charge is 0.279 e. The highest BCUT2D eigenvalue weighted by atomic mass is 32.1. The van der Waals surface area contributed by atoms with Crippen molar-refractivity contribution in [1.82, 2.24) is 15.0 Å². The van der Waals surface area contributed by atoms with E-state index >= 15 is 0 Å². The molecule has 1 aliphatic rings. The molecule has 2 aromatic heterocycles. The molecule has 7 nitrogen and oxygen atoms in total. The zero-order chi connectivity index (χ0) is 19.8. The van der Waals surface area contributed by atoms with Gasteiger partial charge in [0.2, 0.25) is 5.91 Å². The van der Waals surface area contributed by atoms with E-state index in [2.05, 4.69) is 22.6 Å². The zero-order valence-electron chi connectivity index (χ0n) is 16.1. The number of carbonyl (C=O) groups is 1. The topological polar surface area (TPSA) is 86.1 Å². The number of benzene rings is 1. The molecule has 8 heteroatoms. The highest BCUT2D eigenvalue weighted by molar-refractivity contribution is 7.18. The number of aryl methyl sites for hydroxylation is 1. The van der Waals surface area contributed by atoms with E-state index in [0.29, 0.717) is 27.6 Å². The lowest BCUT2D eigenvalue weighted by Gasteiger charge is -2.17. The number of carbonyl (C=O) groups excluding carboxylic acids is 1. The summed E-state index contributed by atoms with van der Waals surface area (Å²) in [5.74, 6) is 0.999. The van der Waals surface area contributed by atoms with Gasteiger partial charge in [-0.2, -0.15) is 4.68 Å². The summed E-state index contributed by atoms with van der Waals surface area (Å²) in [6.07, 6.45) is 2.92. The standard InChI is InChI=1S/C20H22N4O3S/c1-11-4-9-15-16(10-11)28-19-17(15)20(26)24(23-22-19)12(2)18(25)21-13-5-7-14(27-3)8-6-13/h5-8,11-12H,4,9-10H2,1-3H3,(H,21,25)/t11-,12-/m1/s1. The number of aromatic nitrogens is 3. The van der Waals surface area contributed by atoms with E-state index in [1.165, 1.54) is 9.56 Å². The minimum atomic E-state index is -0.774. The third-order valence-corrected chi connectivity index (χ3v) is 6.39. The summed E-state index contributed by atoms with van der Waals surface area (Å²) in [5.41, 5.74) is 1.48. The summed E-state index contributed by atoms with van der Waals surface area (Å²) >= 11 is 1.55. The second kappa shape index (κ2) is 7.35. The minimum absolute atomic E-state index is 0.241. The van der Waals surface area contributed by atoms with Crippen molar-refractivity contribution < 1.29 is 9.53 Å². The molecule has 2 heterocycles. The maximum Gasteiger partial charge on any atom is 0.279 e. The molecule has 2 atom stereocenters. The summed E-state index contributed by atoms with van der Waals surface area (Å²) in [6, 6.07) is 6.24. The molecule has 0 aliphatic heterocycles. The maximum absolute atomic E-state index is 13.1. The molecule has 1 aromatic carbocycles. The van der Waals surface area contributed by atoms with Crippen molar-refractivity contribution in [1.29, 1.82) is 0 Å². The van der Waals surface area contributed by atoms with Crippen LogP contribution in [-0.2, 0) is 17.6 Å². The lowest BCUT2D eigenvalue weighted by molar-refractivity contribution is -0.119. The van der Waals surface area contributed by atoms with Gasteiger partial charge >= 0.3 is 0 Å². The Bertz CT molecular complexity index is 1090. The van der Waals surface area contributed by atoms with Crippen LogP contribution < -0.4 is 15.6 Å². The van der Waals surface area contributed by atoms with Crippen LogP contribution in [0.5, 0.6) is 5.75 Å². The summed E-state index contributed by atoms with van der Waals surface area (Å²) in [7, 11) is 1.58. The van der Waals surface area contributed by atoms with Gasteiger partial charge in [0.15, 0.2) is 4.83 Å². The van der Waals surface area contributed by atoms with E-state index < -0.39 is 6.04 Å². The summed E-state index contributed by atoms with van der Waals surface area (Å²) in [5, 5.41) is 11.7. The Morgan fingerprint density at radius 3 is 2.82 bits per heavy atom. The van der Waals surface area contributed by atoms with Crippen LogP contribution in [0.15, 0.2) is 29.1 Å². The van der Waals surface area contributed by atoms with Crippen molar-refractivity contribution >= 4 is 33.1 Å². The van der Waals surface area contributed by atoms with Crippen LogP contribution in [0.1, 0.15) is 36.8 Å². The Labute approximate surface area is 166 Å². The van der Waals surface area contributed by atoms with E-state index in [1.807, 2.05) is 0 Å². The molecular weight excluding hydrogens is 376 g/mol. The van der Waals surface area contributed by atoms with Crippen LogP contribution in [0.4, 0.5) is 5.69 Å². The first-order valence-electron chi connectivity index (χ1n) is 9.32. The van der Waals surface area contributed by atoms with Crippen LogP contribution >= 0.6 is 11.3 Å². The highest BCUT2D eigenvalue weighted by Gasteiger charge is 2.26. The van der Waals surface area contributed by atoms with E-state index in [0.717, 1.165) is 24.8 Å². The van der Waals surface area contributed by atoms with Gasteiger partial charge in [-0.25, -0.2) is 0 Å². The predicted molar refractivity (Wildman–Crippen MR) is 109 cm³/mol. The molecule has 1 aliphatic carbocycles. The van der Waals surface area contributed by atoms with Gasteiger partial charge in [0.1, 0.15) is 11.8 Å².